The SMILES string of the molecule is Cc1cc([N+](=O)[O-])ccc1C(=O)N1CCNCC1C(N)=O. The van der Waals surface area contributed by atoms with E-state index < -0.39 is 16.9 Å². The summed E-state index contributed by atoms with van der Waals surface area (Å²) in [5, 5.41) is 13.7. The van der Waals surface area contributed by atoms with E-state index in [2.05, 4.69) is 5.32 Å². The summed E-state index contributed by atoms with van der Waals surface area (Å²) in [6.07, 6.45) is 0. The fraction of sp³-hybridized carbons (Fsp3) is 0.385. The van der Waals surface area contributed by atoms with Crippen molar-refractivity contribution >= 4 is 17.5 Å². The summed E-state index contributed by atoms with van der Waals surface area (Å²) < 4.78 is 0. The number of hydrogen-bond acceptors (Lipinski definition) is 5. The Bertz CT molecular complexity index is 602. The van der Waals surface area contributed by atoms with E-state index in [4.69, 9.17) is 5.73 Å². The summed E-state index contributed by atoms with van der Waals surface area (Å²) in [5.74, 6) is -0.914. The summed E-state index contributed by atoms with van der Waals surface area (Å²) >= 11 is 0. The lowest BCUT2D eigenvalue weighted by atomic mass is 10.0. The van der Waals surface area contributed by atoms with E-state index in [1.54, 1.807) is 6.92 Å². The Morgan fingerprint density at radius 3 is 2.76 bits per heavy atom. The maximum atomic E-state index is 12.5. The molecule has 1 heterocycles. The molecule has 1 aliphatic heterocycles. The Morgan fingerprint density at radius 2 is 2.19 bits per heavy atom. The summed E-state index contributed by atoms with van der Waals surface area (Å²) in [5.41, 5.74) is 6.08. The number of aryl methyl sites for hydroxylation is 1. The first-order valence-corrected chi connectivity index (χ1v) is 6.48. The Labute approximate surface area is 121 Å². The number of rotatable bonds is 3. The lowest BCUT2D eigenvalue weighted by Crippen LogP contribution is -2.58. The van der Waals surface area contributed by atoms with Crippen molar-refractivity contribution in [1.29, 1.82) is 0 Å². The van der Waals surface area contributed by atoms with Crippen molar-refractivity contribution in [3.05, 3.63) is 39.4 Å². The van der Waals surface area contributed by atoms with Gasteiger partial charge in [0.2, 0.25) is 5.91 Å². The van der Waals surface area contributed by atoms with Gasteiger partial charge in [-0.3, -0.25) is 19.7 Å². The van der Waals surface area contributed by atoms with Gasteiger partial charge >= 0.3 is 0 Å². The largest absolute Gasteiger partial charge is 0.368 e. The van der Waals surface area contributed by atoms with E-state index in [1.807, 2.05) is 0 Å². The molecular formula is C13H16N4O4. The van der Waals surface area contributed by atoms with Gasteiger partial charge in [0, 0.05) is 37.3 Å². The van der Waals surface area contributed by atoms with Crippen molar-refractivity contribution in [2.45, 2.75) is 13.0 Å². The van der Waals surface area contributed by atoms with Crippen molar-refractivity contribution in [1.82, 2.24) is 10.2 Å². The van der Waals surface area contributed by atoms with Crippen molar-refractivity contribution in [3.8, 4) is 0 Å². The monoisotopic (exact) mass is 292 g/mol. The van der Waals surface area contributed by atoms with Crippen molar-refractivity contribution in [3.63, 3.8) is 0 Å². The molecule has 1 saturated heterocycles. The molecule has 1 aromatic rings. The second kappa shape index (κ2) is 5.88. The number of carbonyl (C=O) groups is 2. The number of nitrogens with one attached hydrogen (secondary N) is 1. The number of nitrogens with zero attached hydrogens (tertiary/aromatic N) is 2. The van der Waals surface area contributed by atoms with Crippen molar-refractivity contribution in [2.24, 2.45) is 5.73 Å². The van der Waals surface area contributed by atoms with Crippen LogP contribution in [0.1, 0.15) is 15.9 Å². The van der Waals surface area contributed by atoms with Gasteiger partial charge < -0.3 is 16.0 Å². The van der Waals surface area contributed by atoms with Crippen LogP contribution in [0.25, 0.3) is 0 Å². The van der Waals surface area contributed by atoms with E-state index in [-0.39, 0.29) is 11.6 Å². The van der Waals surface area contributed by atoms with Crippen LogP contribution in [-0.4, -0.2) is 47.3 Å². The maximum Gasteiger partial charge on any atom is 0.269 e. The number of benzene rings is 1. The quantitative estimate of drug-likeness (QED) is 0.591. The Morgan fingerprint density at radius 1 is 1.48 bits per heavy atom. The molecule has 8 nitrogen and oxygen atoms in total. The number of nitro benzene ring substituents is 1. The van der Waals surface area contributed by atoms with Crippen LogP contribution in [0.5, 0.6) is 0 Å². The fourth-order valence-electron chi connectivity index (χ4n) is 2.36. The van der Waals surface area contributed by atoms with Gasteiger partial charge in [-0.15, -0.1) is 0 Å². The van der Waals surface area contributed by atoms with Crippen LogP contribution in [0.15, 0.2) is 18.2 Å². The van der Waals surface area contributed by atoms with Crippen LogP contribution in [0.4, 0.5) is 5.69 Å². The number of nitro groups is 1. The van der Waals surface area contributed by atoms with E-state index in [0.29, 0.717) is 30.8 Å². The number of carbonyl (C=O) groups excluding carboxylic acids is 2. The number of piperazine rings is 1. The lowest BCUT2D eigenvalue weighted by Gasteiger charge is -2.34. The first kappa shape index (κ1) is 14.9. The zero-order valence-electron chi connectivity index (χ0n) is 11.5. The fourth-order valence-corrected chi connectivity index (χ4v) is 2.36. The lowest BCUT2D eigenvalue weighted by molar-refractivity contribution is -0.384. The molecule has 1 fully saturated rings. The standard InChI is InChI=1S/C13H16N4O4/c1-8-6-9(17(20)21)2-3-10(8)13(19)16-5-4-15-7-11(16)12(14)18/h2-3,6,11,15H,4-5,7H2,1H3,(H2,14,18). The van der Waals surface area contributed by atoms with Gasteiger partial charge in [0.15, 0.2) is 0 Å². The molecule has 0 spiro atoms. The van der Waals surface area contributed by atoms with Gasteiger partial charge in [-0.1, -0.05) is 0 Å². The average molecular weight is 292 g/mol. The molecule has 1 aliphatic rings. The highest BCUT2D eigenvalue weighted by molar-refractivity contribution is 5.98. The number of primary amides is 1. The first-order valence-electron chi connectivity index (χ1n) is 6.48. The van der Waals surface area contributed by atoms with Gasteiger partial charge in [-0.05, 0) is 18.6 Å². The Balaban J connectivity index is 2.30. The normalized spacial score (nSPS) is 18.3. The molecule has 0 radical (unpaired) electrons. The highest BCUT2D eigenvalue weighted by Crippen LogP contribution is 2.20. The molecule has 0 aromatic heterocycles. The average Bonchev–Trinajstić information content (AvgIpc) is 2.46. The summed E-state index contributed by atoms with van der Waals surface area (Å²) in [6.45, 7) is 2.87. The molecule has 0 bridgehead atoms. The second-order valence-electron chi connectivity index (χ2n) is 4.88. The van der Waals surface area contributed by atoms with E-state index >= 15 is 0 Å². The van der Waals surface area contributed by atoms with Crippen LogP contribution in [-0.2, 0) is 4.79 Å². The minimum atomic E-state index is -0.708. The van der Waals surface area contributed by atoms with Crippen LogP contribution >= 0.6 is 0 Å². The topological polar surface area (TPSA) is 119 Å². The molecule has 112 valence electrons. The molecule has 0 saturated carbocycles. The molecule has 8 heteroatoms. The van der Waals surface area contributed by atoms with Gasteiger partial charge in [-0.2, -0.15) is 0 Å². The number of hydrogen-bond donors (Lipinski definition) is 2. The molecule has 21 heavy (non-hydrogen) atoms. The Kier molecular flexibility index (Phi) is 4.18. The molecular weight excluding hydrogens is 276 g/mol. The minimum Gasteiger partial charge on any atom is -0.368 e. The third kappa shape index (κ3) is 3.00. The first-order chi connectivity index (χ1) is 9.91. The van der Waals surface area contributed by atoms with E-state index in [1.165, 1.54) is 23.1 Å². The third-order valence-corrected chi connectivity index (χ3v) is 3.48. The highest BCUT2D eigenvalue weighted by atomic mass is 16.6. The van der Waals surface area contributed by atoms with E-state index in [0.717, 1.165) is 0 Å². The molecule has 0 aliphatic carbocycles. The molecule has 1 unspecified atom stereocenters. The smallest absolute Gasteiger partial charge is 0.269 e. The van der Waals surface area contributed by atoms with Crippen LogP contribution in [0, 0.1) is 17.0 Å². The summed E-state index contributed by atoms with van der Waals surface area (Å²) in [6, 6.07) is 3.33. The molecule has 2 amide bonds. The predicted molar refractivity (Wildman–Crippen MR) is 74.7 cm³/mol. The van der Waals surface area contributed by atoms with Gasteiger partial charge in [0.25, 0.3) is 11.6 Å². The predicted octanol–water partition coefficient (Wildman–Crippen LogP) is -0.197. The minimum absolute atomic E-state index is 0.0733. The van der Waals surface area contributed by atoms with Gasteiger partial charge in [0.05, 0.1) is 4.92 Å². The maximum absolute atomic E-state index is 12.5. The summed E-state index contributed by atoms with van der Waals surface area (Å²) in [7, 11) is 0. The number of amides is 2. The van der Waals surface area contributed by atoms with E-state index in [9.17, 15) is 19.7 Å². The van der Waals surface area contributed by atoms with Crippen LogP contribution in [0.3, 0.4) is 0 Å². The van der Waals surface area contributed by atoms with Crippen LogP contribution in [0.2, 0.25) is 0 Å². The zero-order valence-corrected chi connectivity index (χ0v) is 11.5. The molecule has 2 rings (SSSR count). The van der Waals surface area contributed by atoms with Crippen LogP contribution < -0.4 is 11.1 Å². The van der Waals surface area contributed by atoms with Crippen molar-refractivity contribution in [2.75, 3.05) is 19.6 Å². The Hall–Kier alpha value is -2.48. The molecule has 1 atom stereocenters. The zero-order chi connectivity index (χ0) is 15.6. The highest BCUT2D eigenvalue weighted by Gasteiger charge is 2.31. The molecule has 1 aromatic carbocycles. The van der Waals surface area contributed by atoms with Gasteiger partial charge in [-0.25, -0.2) is 0 Å². The summed E-state index contributed by atoms with van der Waals surface area (Å²) in [4.78, 5) is 35.6. The number of non-ortho nitro benzene ring substituents is 1. The number of nitrogens with two attached hydrogens (primary N) is 1. The van der Waals surface area contributed by atoms with Crippen molar-refractivity contribution < 1.29 is 14.5 Å². The third-order valence-electron chi connectivity index (χ3n) is 3.48. The van der Waals surface area contributed by atoms with Gasteiger partial charge in [0.1, 0.15) is 6.04 Å². The second-order valence-corrected chi connectivity index (χ2v) is 4.88. The molecule has 3 N–H and O–H groups in total.